The van der Waals surface area contributed by atoms with E-state index < -0.39 is 37.2 Å². The number of benzene rings is 1. The molecule has 3 heterocycles. The molecule has 0 fully saturated rings. The molecule has 0 amide bonds. The van der Waals surface area contributed by atoms with Gasteiger partial charge in [-0.2, -0.15) is 8.75 Å². The summed E-state index contributed by atoms with van der Waals surface area (Å²) in [6.07, 6.45) is 2.85. The minimum atomic E-state index is -4.29. The smallest absolute Gasteiger partial charge is 0.748 e. The monoisotopic (exact) mass is 660 g/mol. The van der Waals surface area contributed by atoms with Crippen LogP contribution in [0.15, 0.2) is 35.7 Å². The van der Waals surface area contributed by atoms with Gasteiger partial charge in [0.2, 0.25) is 0 Å². The molecule has 1 aromatic carbocycles. The second-order valence-corrected chi connectivity index (χ2v) is 14.5. The number of fused-ring (bicyclic) bond motifs is 4. The molecule has 1 aliphatic rings. The molecular weight excluding hydrogens is 639 g/mol. The Morgan fingerprint density at radius 3 is 2.11 bits per heavy atom. The molecule has 0 saturated carbocycles. The van der Waals surface area contributed by atoms with E-state index in [0.29, 0.717) is 25.7 Å². The van der Waals surface area contributed by atoms with Crippen LogP contribution < -0.4 is 103 Å². The maximum absolute atomic E-state index is 11.2. The van der Waals surface area contributed by atoms with Gasteiger partial charge in [0, 0.05) is 37.1 Å². The number of nitrogens with zero attached hydrogens (tertiary/aromatic N) is 2. The van der Waals surface area contributed by atoms with Gasteiger partial charge in [0.05, 0.1) is 32.0 Å². The van der Waals surface area contributed by atoms with E-state index in [-0.39, 0.29) is 116 Å². The van der Waals surface area contributed by atoms with Crippen LogP contribution in [0.4, 0.5) is 0 Å². The van der Waals surface area contributed by atoms with Crippen molar-refractivity contribution in [2.75, 3.05) is 11.5 Å². The summed E-state index contributed by atoms with van der Waals surface area (Å²) in [5, 5.41) is 2.04. The van der Waals surface area contributed by atoms with E-state index in [1.54, 1.807) is 22.7 Å². The first-order valence-electron chi connectivity index (χ1n) is 11.4. The van der Waals surface area contributed by atoms with Crippen molar-refractivity contribution in [1.29, 1.82) is 0 Å². The standard InChI is InChI=1S/C23H24N2O6S5.2K/c26-35(27,28)12-3-1-9-23(10-2-4-13-36(29,30)31)16-8-11-32-21(16)22-17(23)14-19(33-22)15-6-5-7-18-20(15)25-34-24-18;;/h5-8,11,14H,1-4,9-10,12-13H2,(H,26,27,28)(H,29,30,31);;/q;2*+1/p-2. The summed E-state index contributed by atoms with van der Waals surface area (Å²) in [5.74, 6) is -0.816. The molecule has 15 heteroatoms. The fraction of sp³-hybridized carbons (Fsp3) is 0.391. The SMILES string of the molecule is O=S(=O)([O-])CCCCC1(CCCCS(=O)(=O)[O-])c2ccsc2-c2sc(-c3cccc4nsnc34)cc21.[K+].[K+]. The largest absolute Gasteiger partial charge is 1.00 e. The molecule has 5 rings (SSSR count). The van der Waals surface area contributed by atoms with E-state index in [4.69, 9.17) is 0 Å². The van der Waals surface area contributed by atoms with Crippen LogP contribution in [0, 0.1) is 0 Å². The Morgan fingerprint density at radius 2 is 1.47 bits per heavy atom. The molecule has 192 valence electrons. The number of hydrogen-bond donors (Lipinski definition) is 0. The molecule has 4 aromatic rings. The van der Waals surface area contributed by atoms with Crippen molar-refractivity contribution in [1.82, 2.24) is 8.75 Å². The van der Waals surface area contributed by atoms with Crippen LogP contribution in [0.1, 0.15) is 49.7 Å². The van der Waals surface area contributed by atoms with E-state index in [1.807, 2.05) is 23.6 Å². The molecule has 0 bridgehead atoms. The van der Waals surface area contributed by atoms with E-state index in [0.717, 1.165) is 42.4 Å². The molecule has 8 nitrogen and oxygen atoms in total. The van der Waals surface area contributed by atoms with E-state index >= 15 is 0 Å². The zero-order valence-electron chi connectivity index (χ0n) is 21.0. The predicted molar refractivity (Wildman–Crippen MR) is 142 cm³/mol. The summed E-state index contributed by atoms with van der Waals surface area (Å²) < 4.78 is 75.8. The van der Waals surface area contributed by atoms with Crippen LogP contribution in [-0.2, 0) is 25.7 Å². The Morgan fingerprint density at radius 1 is 0.816 bits per heavy atom. The molecule has 0 atom stereocenters. The number of hydrogen-bond acceptors (Lipinski definition) is 11. The van der Waals surface area contributed by atoms with Gasteiger partial charge in [0.15, 0.2) is 0 Å². The summed E-state index contributed by atoms with van der Waals surface area (Å²) in [6, 6.07) is 10.2. The number of aromatic nitrogens is 2. The van der Waals surface area contributed by atoms with Crippen LogP contribution in [-0.4, -0.2) is 46.2 Å². The fourth-order valence-corrected chi connectivity index (χ4v) is 9.26. The Hall–Kier alpha value is 1.53. The molecule has 0 N–H and O–H groups in total. The van der Waals surface area contributed by atoms with E-state index in [2.05, 4.69) is 20.9 Å². The van der Waals surface area contributed by atoms with Crippen LogP contribution >= 0.6 is 34.4 Å². The average molecular weight is 661 g/mol. The molecule has 1 aliphatic carbocycles. The molecule has 3 aromatic heterocycles. The topological polar surface area (TPSA) is 140 Å². The number of rotatable bonds is 11. The fourth-order valence-electron chi connectivity index (χ4n) is 5.13. The molecule has 38 heavy (non-hydrogen) atoms. The summed E-state index contributed by atoms with van der Waals surface area (Å²) in [6.45, 7) is 0. The summed E-state index contributed by atoms with van der Waals surface area (Å²) in [4.78, 5) is 3.38. The first-order chi connectivity index (χ1) is 17.1. The normalized spacial score (nSPS) is 14.1. The Bertz CT molecular complexity index is 1590. The predicted octanol–water partition coefficient (Wildman–Crippen LogP) is -0.813. The minimum Gasteiger partial charge on any atom is -0.748 e. The van der Waals surface area contributed by atoms with Crippen LogP contribution in [0.25, 0.3) is 31.2 Å². The van der Waals surface area contributed by atoms with Gasteiger partial charge in [0.1, 0.15) is 11.0 Å². The van der Waals surface area contributed by atoms with Crippen molar-refractivity contribution >= 4 is 65.7 Å². The molecule has 0 unspecified atom stereocenters. The minimum absolute atomic E-state index is 0. The molecule has 0 aliphatic heterocycles. The third-order valence-corrected chi connectivity index (χ3v) is 11.0. The summed E-state index contributed by atoms with van der Waals surface area (Å²) >= 11 is 4.51. The van der Waals surface area contributed by atoms with Gasteiger partial charge in [0.25, 0.3) is 0 Å². The molecule has 0 saturated heterocycles. The van der Waals surface area contributed by atoms with Crippen LogP contribution in [0.2, 0.25) is 0 Å². The number of unbranched alkanes of at least 4 members (excludes halogenated alkanes) is 2. The maximum atomic E-state index is 11.2. The van der Waals surface area contributed by atoms with Gasteiger partial charge in [-0.25, -0.2) is 16.8 Å². The van der Waals surface area contributed by atoms with Crippen molar-refractivity contribution in [3.8, 4) is 20.2 Å². The maximum Gasteiger partial charge on any atom is 1.00 e. The van der Waals surface area contributed by atoms with Crippen LogP contribution in [0.3, 0.4) is 0 Å². The average Bonchev–Trinajstić information content (AvgIpc) is 3.57. The quantitative estimate of drug-likeness (QED) is 0.116. The van der Waals surface area contributed by atoms with E-state index in [9.17, 15) is 25.9 Å². The van der Waals surface area contributed by atoms with Gasteiger partial charge < -0.3 is 9.11 Å². The van der Waals surface area contributed by atoms with Gasteiger partial charge in [-0.05, 0) is 60.4 Å². The second-order valence-electron chi connectivity index (χ2n) is 8.97. The molecular formula is C23H22K2N2O6S5. The zero-order valence-corrected chi connectivity index (χ0v) is 31.3. The zero-order chi connectivity index (χ0) is 25.6. The van der Waals surface area contributed by atoms with Crippen molar-refractivity contribution in [2.24, 2.45) is 0 Å². The third kappa shape index (κ3) is 7.54. The summed E-state index contributed by atoms with van der Waals surface area (Å²) in [5.41, 5.74) is 4.55. The van der Waals surface area contributed by atoms with Gasteiger partial charge in [-0.3, -0.25) is 0 Å². The first kappa shape index (κ1) is 34.0. The van der Waals surface area contributed by atoms with Gasteiger partial charge in [-0.1, -0.05) is 25.0 Å². The van der Waals surface area contributed by atoms with Gasteiger partial charge in [-0.15, -0.1) is 22.7 Å². The van der Waals surface area contributed by atoms with Crippen molar-refractivity contribution < 1.29 is 129 Å². The van der Waals surface area contributed by atoms with E-state index in [1.165, 1.54) is 11.7 Å². The van der Waals surface area contributed by atoms with Crippen molar-refractivity contribution in [2.45, 2.75) is 43.9 Å². The van der Waals surface area contributed by atoms with Gasteiger partial charge >= 0.3 is 103 Å². The summed E-state index contributed by atoms with van der Waals surface area (Å²) in [7, 11) is -8.59. The molecule has 0 spiro atoms. The Balaban J connectivity index is 0.00000200. The third-order valence-electron chi connectivity index (χ3n) is 6.68. The Labute approximate surface area is 319 Å². The number of thiophene rings is 2. The second kappa shape index (κ2) is 13.9. The molecule has 0 radical (unpaired) electrons. The van der Waals surface area contributed by atoms with Crippen molar-refractivity contribution in [3.05, 3.63) is 46.8 Å². The first-order valence-corrected chi connectivity index (χ1v) is 17.0. The van der Waals surface area contributed by atoms with Crippen molar-refractivity contribution in [3.63, 3.8) is 0 Å². The van der Waals surface area contributed by atoms with Crippen LogP contribution in [0.5, 0.6) is 0 Å². The Kier molecular flexibility index (Phi) is 12.4.